The average molecular weight is 400 g/mol. The summed E-state index contributed by atoms with van der Waals surface area (Å²) in [7, 11) is -3.46. The summed E-state index contributed by atoms with van der Waals surface area (Å²) in [6.45, 7) is 2.04. The van der Waals surface area contributed by atoms with Gasteiger partial charge < -0.3 is 0 Å². The number of nitrogens with zero attached hydrogens (tertiary/aromatic N) is 4. The maximum atomic E-state index is 12.3. The number of aryl methyl sites for hydroxylation is 1. The van der Waals surface area contributed by atoms with Crippen LogP contribution in [0.3, 0.4) is 0 Å². The van der Waals surface area contributed by atoms with Crippen LogP contribution in [-0.4, -0.2) is 42.0 Å². The second kappa shape index (κ2) is 6.50. The first-order valence-corrected chi connectivity index (χ1v) is 10.9. The number of aromatic nitrogens is 3. The number of rotatable bonds is 3. The summed E-state index contributed by atoms with van der Waals surface area (Å²) < 4.78 is 25.2. The fraction of sp³-hybridized carbons (Fsp3) is 0.222. The zero-order valence-electron chi connectivity index (χ0n) is 14.7. The zero-order chi connectivity index (χ0) is 19.2. The molecule has 4 heterocycles. The van der Waals surface area contributed by atoms with Gasteiger partial charge in [0.05, 0.1) is 28.2 Å². The number of ketones is 1. The van der Waals surface area contributed by atoms with Crippen molar-refractivity contribution in [3.05, 3.63) is 48.0 Å². The second-order valence-electron chi connectivity index (χ2n) is 6.25. The fourth-order valence-electron chi connectivity index (χ4n) is 3.02. The Balaban J connectivity index is 1.80. The number of Topliss-reactive ketones (excluding diaryl/α,β-unsaturated/α-hetero) is 1. The number of hydrogen-bond acceptors (Lipinski definition) is 7. The van der Waals surface area contributed by atoms with Gasteiger partial charge in [0.2, 0.25) is 10.0 Å². The van der Waals surface area contributed by atoms with Crippen LogP contribution in [0.4, 0.5) is 5.69 Å². The molecule has 0 saturated carbocycles. The lowest BCUT2D eigenvalue weighted by Gasteiger charge is -2.27. The van der Waals surface area contributed by atoms with Gasteiger partial charge >= 0.3 is 0 Å². The molecular weight excluding hydrogens is 384 g/mol. The molecule has 0 atom stereocenters. The Labute approximate surface area is 160 Å². The molecule has 0 aliphatic carbocycles. The van der Waals surface area contributed by atoms with Crippen molar-refractivity contribution in [1.82, 2.24) is 15.0 Å². The van der Waals surface area contributed by atoms with E-state index in [2.05, 4.69) is 15.0 Å². The SMILES string of the molecule is Cc1nc(-c2cccnc2)sc1-c1ccc2c(n1)C(=O)CCN2S(C)(=O)=O. The molecule has 0 fully saturated rings. The Hall–Kier alpha value is -2.65. The van der Waals surface area contributed by atoms with Crippen molar-refractivity contribution in [3.63, 3.8) is 0 Å². The standard InChI is InChI=1S/C18H16N4O3S2/c1-11-17(26-18(20-11)12-4-3-8-19-10-12)13-5-6-14-16(21-13)15(23)7-9-22(14)27(2,24)25/h3-6,8,10H,7,9H2,1-2H3. The average Bonchev–Trinajstić information content (AvgIpc) is 3.03. The fourth-order valence-corrected chi connectivity index (χ4v) is 4.97. The van der Waals surface area contributed by atoms with Crippen molar-refractivity contribution in [2.24, 2.45) is 0 Å². The van der Waals surface area contributed by atoms with E-state index in [1.165, 1.54) is 15.6 Å². The molecule has 0 aromatic carbocycles. The van der Waals surface area contributed by atoms with Crippen molar-refractivity contribution >= 4 is 32.8 Å². The summed E-state index contributed by atoms with van der Waals surface area (Å²) in [5.74, 6) is -0.151. The van der Waals surface area contributed by atoms with Crippen LogP contribution in [-0.2, 0) is 10.0 Å². The van der Waals surface area contributed by atoms with Crippen LogP contribution in [0.15, 0.2) is 36.7 Å². The molecule has 0 bridgehead atoms. The van der Waals surface area contributed by atoms with Gasteiger partial charge in [0.15, 0.2) is 5.78 Å². The molecule has 0 N–H and O–H groups in total. The number of sulfonamides is 1. The van der Waals surface area contributed by atoms with E-state index in [1.807, 2.05) is 19.1 Å². The van der Waals surface area contributed by atoms with Crippen LogP contribution >= 0.6 is 11.3 Å². The number of carbonyl (C=O) groups is 1. The van der Waals surface area contributed by atoms with Crippen LogP contribution in [0.25, 0.3) is 21.1 Å². The third-order valence-electron chi connectivity index (χ3n) is 4.29. The summed E-state index contributed by atoms with van der Waals surface area (Å²) in [4.78, 5) is 26.4. The van der Waals surface area contributed by atoms with Crippen LogP contribution in [0.1, 0.15) is 22.6 Å². The third kappa shape index (κ3) is 3.24. The van der Waals surface area contributed by atoms with E-state index in [1.54, 1.807) is 24.5 Å². The van der Waals surface area contributed by atoms with Crippen molar-refractivity contribution < 1.29 is 13.2 Å². The van der Waals surface area contributed by atoms with Crippen molar-refractivity contribution in [3.8, 4) is 21.1 Å². The van der Waals surface area contributed by atoms with E-state index < -0.39 is 10.0 Å². The van der Waals surface area contributed by atoms with Crippen LogP contribution in [0.5, 0.6) is 0 Å². The molecule has 3 aromatic heterocycles. The van der Waals surface area contributed by atoms with Crippen LogP contribution in [0, 0.1) is 6.92 Å². The highest BCUT2D eigenvalue weighted by Crippen LogP contribution is 2.36. The smallest absolute Gasteiger partial charge is 0.232 e. The van der Waals surface area contributed by atoms with Gasteiger partial charge in [-0.1, -0.05) is 0 Å². The molecule has 0 saturated heterocycles. The van der Waals surface area contributed by atoms with E-state index in [0.717, 1.165) is 27.4 Å². The van der Waals surface area contributed by atoms with Gasteiger partial charge in [-0.25, -0.2) is 18.4 Å². The largest absolute Gasteiger partial charge is 0.292 e. The molecular formula is C18H16N4O3S2. The highest BCUT2D eigenvalue weighted by atomic mass is 32.2. The molecule has 0 radical (unpaired) electrons. The molecule has 1 aliphatic heterocycles. The Morgan fingerprint density at radius 3 is 2.70 bits per heavy atom. The maximum absolute atomic E-state index is 12.3. The predicted octanol–water partition coefficient (Wildman–Crippen LogP) is 2.93. The Morgan fingerprint density at radius 2 is 2.00 bits per heavy atom. The second-order valence-corrected chi connectivity index (χ2v) is 9.15. The summed E-state index contributed by atoms with van der Waals surface area (Å²) in [5.41, 5.74) is 2.86. The predicted molar refractivity (Wildman–Crippen MR) is 104 cm³/mol. The number of anilines is 1. The summed E-state index contributed by atoms with van der Waals surface area (Å²) in [5, 5.41) is 0.819. The number of pyridine rings is 2. The van der Waals surface area contributed by atoms with Gasteiger partial charge in [-0.15, -0.1) is 11.3 Å². The lowest BCUT2D eigenvalue weighted by atomic mass is 10.1. The summed E-state index contributed by atoms with van der Waals surface area (Å²) in [6, 6.07) is 7.17. The molecule has 9 heteroatoms. The molecule has 138 valence electrons. The molecule has 0 spiro atoms. The van der Waals surface area contributed by atoms with Gasteiger partial charge in [0.25, 0.3) is 0 Å². The number of thiazole rings is 1. The van der Waals surface area contributed by atoms with E-state index >= 15 is 0 Å². The van der Waals surface area contributed by atoms with Gasteiger partial charge in [-0.2, -0.15) is 0 Å². The molecule has 4 rings (SSSR count). The van der Waals surface area contributed by atoms with E-state index in [4.69, 9.17) is 0 Å². The highest BCUT2D eigenvalue weighted by Gasteiger charge is 2.30. The number of fused-ring (bicyclic) bond motifs is 1. The Morgan fingerprint density at radius 1 is 1.19 bits per heavy atom. The van der Waals surface area contributed by atoms with Crippen molar-refractivity contribution in [2.45, 2.75) is 13.3 Å². The first kappa shape index (κ1) is 17.7. The van der Waals surface area contributed by atoms with E-state index in [9.17, 15) is 13.2 Å². The summed E-state index contributed by atoms with van der Waals surface area (Å²) >= 11 is 1.47. The summed E-state index contributed by atoms with van der Waals surface area (Å²) in [6.07, 6.45) is 4.71. The normalized spacial score (nSPS) is 14.3. The lowest BCUT2D eigenvalue weighted by Crippen LogP contribution is -2.37. The van der Waals surface area contributed by atoms with Crippen molar-refractivity contribution in [1.29, 1.82) is 0 Å². The van der Waals surface area contributed by atoms with E-state index in [0.29, 0.717) is 11.4 Å². The third-order valence-corrected chi connectivity index (χ3v) is 6.70. The molecule has 1 aliphatic rings. The topological polar surface area (TPSA) is 93.1 Å². The minimum atomic E-state index is -3.46. The number of carbonyl (C=O) groups excluding carboxylic acids is 1. The first-order valence-electron chi connectivity index (χ1n) is 8.25. The van der Waals surface area contributed by atoms with Gasteiger partial charge in [0, 0.05) is 30.9 Å². The molecule has 27 heavy (non-hydrogen) atoms. The first-order chi connectivity index (χ1) is 12.8. The van der Waals surface area contributed by atoms with Gasteiger partial charge in [-0.3, -0.25) is 14.1 Å². The Kier molecular flexibility index (Phi) is 4.27. The molecule has 3 aromatic rings. The van der Waals surface area contributed by atoms with E-state index in [-0.39, 0.29) is 24.4 Å². The van der Waals surface area contributed by atoms with Crippen molar-refractivity contribution in [2.75, 3.05) is 17.1 Å². The maximum Gasteiger partial charge on any atom is 0.232 e. The minimum Gasteiger partial charge on any atom is -0.292 e. The lowest BCUT2D eigenvalue weighted by molar-refractivity contribution is 0.0977. The molecule has 0 amide bonds. The highest BCUT2D eigenvalue weighted by molar-refractivity contribution is 7.92. The minimum absolute atomic E-state index is 0.124. The van der Waals surface area contributed by atoms with Crippen LogP contribution < -0.4 is 4.31 Å². The quantitative estimate of drug-likeness (QED) is 0.671. The Bertz CT molecular complexity index is 1140. The molecule has 7 nitrogen and oxygen atoms in total. The van der Waals surface area contributed by atoms with Crippen LogP contribution in [0.2, 0.25) is 0 Å². The number of hydrogen-bond donors (Lipinski definition) is 0. The van der Waals surface area contributed by atoms with Gasteiger partial charge in [-0.05, 0) is 31.2 Å². The molecule has 0 unspecified atom stereocenters. The monoisotopic (exact) mass is 400 g/mol. The van der Waals surface area contributed by atoms with Gasteiger partial charge in [0.1, 0.15) is 10.7 Å². The zero-order valence-corrected chi connectivity index (χ0v) is 16.3.